The van der Waals surface area contributed by atoms with Crippen LogP contribution in [0.4, 0.5) is 17.2 Å². The summed E-state index contributed by atoms with van der Waals surface area (Å²) in [6.07, 6.45) is 4.01. The molecular weight excluding hydrogens is 414 g/mol. The first-order valence-corrected chi connectivity index (χ1v) is 11.2. The number of pyridine rings is 1. The summed E-state index contributed by atoms with van der Waals surface area (Å²) in [5, 5.41) is 9.11. The van der Waals surface area contributed by atoms with Gasteiger partial charge in [0.05, 0.1) is 17.9 Å². The van der Waals surface area contributed by atoms with Gasteiger partial charge in [-0.25, -0.2) is 4.98 Å². The molecule has 7 heteroatoms. The number of carbonyl (C=O) groups is 2. The lowest BCUT2D eigenvalue weighted by molar-refractivity contribution is 0.102. The molecule has 1 saturated heterocycles. The molecule has 0 radical (unpaired) electrons. The Labute approximate surface area is 194 Å². The average Bonchev–Trinajstić information content (AvgIpc) is 3.11. The van der Waals surface area contributed by atoms with Crippen molar-refractivity contribution in [3.63, 3.8) is 0 Å². The molecule has 2 heterocycles. The fraction of sp³-hybridized carbons (Fsp3) is 0.269. The fourth-order valence-electron chi connectivity index (χ4n) is 3.76. The van der Waals surface area contributed by atoms with E-state index in [1.807, 2.05) is 50.2 Å². The van der Waals surface area contributed by atoms with Crippen LogP contribution in [0.1, 0.15) is 44.7 Å². The summed E-state index contributed by atoms with van der Waals surface area (Å²) < 4.78 is 0. The van der Waals surface area contributed by atoms with E-state index in [1.165, 1.54) is 6.42 Å². The van der Waals surface area contributed by atoms with Gasteiger partial charge in [0.1, 0.15) is 5.82 Å². The second-order valence-electron chi connectivity index (χ2n) is 8.35. The first-order valence-electron chi connectivity index (χ1n) is 11.2. The highest BCUT2D eigenvalue weighted by molar-refractivity contribution is 6.12. The number of aromatic nitrogens is 1. The molecule has 0 bridgehead atoms. The highest BCUT2D eigenvalue weighted by Gasteiger charge is 2.16. The number of hydrogen-bond acceptors (Lipinski definition) is 5. The molecule has 2 aromatic carbocycles. The van der Waals surface area contributed by atoms with Gasteiger partial charge in [0.15, 0.2) is 0 Å². The van der Waals surface area contributed by atoms with Gasteiger partial charge in [-0.2, -0.15) is 0 Å². The van der Waals surface area contributed by atoms with E-state index in [0.717, 1.165) is 43.0 Å². The van der Waals surface area contributed by atoms with Gasteiger partial charge in [0.2, 0.25) is 0 Å². The number of rotatable bonds is 5. The number of amides is 2. The molecule has 0 aliphatic carbocycles. The lowest BCUT2D eigenvalue weighted by atomic mass is 10.1. The van der Waals surface area contributed by atoms with Crippen molar-refractivity contribution in [1.82, 2.24) is 10.3 Å². The normalized spacial score (nSPS) is 13.8. The van der Waals surface area contributed by atoms with E-state index >= 15 is 0 Å². The van der Waals surface area contributed by atoms with Gasteiger partial charge in [-0.15, -0.1) is 0 Å². The molecule has 1 aliphatic rings. The van der Waals surface area contributed by atoms with Gasteiger partial charge in [-0.1, -0.05) is 17.7 Å². The molecule has 1 aliphatic heterocycles. The zero-order valence-corrected chi connectivity index (χ0v) is 19.0. The third kappa shape index (κ3) is 5.75. The molecule has 170 valence electrons. The largest absolute Gasteiger partial charge is 0.359 e. The van der Waals surface area contributed by atoms with Crippen molar-refractivity contribution in [2.75, 3.05) is 35.3 Å². The van der Waals surface area contributed by atoms with Gasteiger partial charge < -0.3 is 15.5 Å². The number of benzene rings is 2. The van der Waals surface area contributed by atoms with Gasteiger partial charge in [0.25, 0.3) is 11.8 Å². The highest BCUT2D eigenvalue weighted by Crippen LogP contribution is 2.21. The van der Waals surface area contributed by atoms with Crippen molar-refractivity contribution in [2.24, 2.45) is 0 Å². The van der Waals surface area contributed by atoms with E-state index in [1.54, 1.807) is 24.4 Å². The Morgan fingerprint density at radius 3 is 2.45 bits per heavy atom. The third-order valence-electron chi connectivity index (χ3n) is 5.65. The van der Waals surface area contributed by atoms with Crippen molar-refractivity contribution in [1.29, 1.82) is 0 Å². The molecule has 33 heavy (non-hydrogen) atoms. The molecular formula is C26H29N5O2. The predicted molar refractivity (Wildman–Crippen MR) is 132 cm³/mol. The SMILES string of the molecule is Cc1ccc(NC(=O)c2cc(C)ccc2NC(=O)c2ccc(N3CCCCNC3)cc2)nc1. The minimum absolute atomic E-state index is 0.262. The molecule has 1 fully saturated rings. The van der Waals surface area contributed by atoms with Gasteiger partial charge in [0, 0.05) is 24.0 Å². The maximum atomic E-state index is 12.9. The Morgan fingerprint density at radius 2 is 1.70 bits per heavy atom. The predicted octanol–water partition coefficient (Wildman–Crippen LogP) is 4.35. The monoisotopic (exact) mass is 443 g/mol. The standard InChI is InChI=1S/C26H29N5O2/c1-18-5-11-23(22(15-18)26(33)30-24-12-6-19(2)16-28-24)29-25(32)20-7-9-21(10-8-20)31-14-4-3-13-27-17-31/h5-12,15-16,27H,3-4,13-14,17H2,1-2H3,(H,29,32)(H,28,30,33). The van der Waals surface area contributed by atoms with Crippen LogP contribution < -0.4 is 20.9 Å². The van der Waals surface area contributed by atoms with Gasteiger partial charge >= 0.3 is 0 Å². The number of hydrogen-bond donors (Lipinski definition) is 3. The summed E-state index contributed by atoms with van der Waals surface area (Å²) >= 11 is 0. The Morgan fingerprint density at radius 1 is 0.909 bits per heavy atom. The second-order valence-corrected chi connectivity index (χ2v) is 8.35. The first kappa shape index (κ1) is 22.5. The van der Waals surface area contributed by atoms with Crippen LogP contribution in [0.15, 0.2) is 60.8 Å². The van der Waals surface area contributed by atoms with Crippen LogP contribution in [0.5, 0.6) is 0 Å². The lowest BCUT2D eigenvalue weighted by Gasteiger charge is -2.22. The lowest BCUT2D eigenvalue weighted by Crippen LogP contribution is -2.32. The third-order valence-corrected chi connectivity index (χ3v) is 5.65. The summed E-state index contributed by atoms with van der Waals surface area (Å²) in [4.78, 5) is 32.4. The van der Waals surface area contributed by atoms with E-state index in [-0.39, 0.29) is 11.8 Å². The van der Waals surface area contributed by atoms with E-state index in [4.69, 9.17) is 0 Å². The van der Waals surface area contributed by atoms with Crippen LogP contribution in [0, 0.1) is 13.8 Å². The fourth-order valence-corrected chi connectivity index (χ4v) is 3.76. The summed E-state index contributed by atoms with van der Waals surface area (Å²) in [5.41, 5.74) is 4.39. The number of nitrogens with zero attached hydrogens (tertiary/aromatic N) is 2. The van der Waals surface area contributed by atoms with Crippen molar-refractivity contribution >= 4 is 29.0 Å². The molecule has 2 amide bonds. The molecule has 7 nitrogen and oxygen atoms in total. The summed E-state index contributed by atoms with van der Waals surface area (Å²) in [6.45, 7) is 6.68. The van der Waals surface area contributed by atoms with Crippen LogP contribution >= 0.6 is 0 Å². The number of nitrogens with one attached hydrogen (secondary N) is 3. The summed E-state index contributed by atoms with van der Waals surface area (Å²) in [6, 6.07) is 16.6. The zero-order valence-electron chi connectivity index (χ0n) is 19.0. The zero-order chi connectivity index (χ0) is 23.2. The van der Waals surface area contributed by atoms with Crippen molar-refractivity contribution in [3.8, 4) is 0 Å². The summed E-state index contributed by atoms with van der Waals surface area (Å²) in [5.74, 6) is -0.126. The number of carbonyl (C=O) groups excluding carboxylic acids is 2. The smallest absolute Gasteiger partial charge is 0.258 e. The maximum Gasteiger partial charge on any atom is 0.258 e. The number of aryl methyl sites for hydroxylation is 2. The number of anilines is 3. The van der Waals surface area contributed by atoms with E-state index in [9.17, 15) is 9.59 Å². The Bertz CT molecular complexity index is 1120. The maximum absolute atomic E-state index is 12.9. The molecule has 3 N–H and O–H groups in total. The van der Waals surface area contributed by atoms with Crippen LogP contribution in [-0.2, 0) is 0 Å². The minimum atomic E-state index is -0.325. The van der Waals surface area contributed by atoms with Crippen LogP contribution in [0.3, 0.4) is 0 Å². The Hall–Kier alpha value is -3.71. The van der Waals surface area contributed by atoms with Crippen LogP contribution in [0.25, 0.3) is 0 Å². The molecule has 1 aromatic heterocycles. The summed E-state index contributed by atoms with van der Waals surface area (Å²) in [7, 11) is 0. The van der Waals surface area contributed by atoms with Crippen molar-refractivity contribution in [3.05, 3.63) is 83.0 Å². The quantitative estimate of drug-likeness (QED) is 0.546. The minimum Gasteiger partial charge on any atom is -0.359 e. The second kappa shape index (κ2) is 10.3. The molecule has 3 aromatic rings. The average molecular weight is 444 g/mol. The molecule has 0 atom stereocenters. The van der Waals surface area contributed by atoms with Crippen LogP contribution in [-0.4, -0.2) is 36.6 Å². The van der Waals surface area contributed by atoms with Gasteiger partial charge in [-0.3, -0.25) is 14.9 Å². The van der Waals surface area contributed by atoms with Crippen molar-refractivity contribution < 1.29 is 9.59 Å². The first-order chi connectivity index (χ1) is 16.0. The van der Waals surface area contributed by atoms with Crippen molar-refractivity contribution in [2.45, 2.75) is 26.7 Å². The molecule has 0 saturated carbocycles. The molecule has 4 rings (SSSR count). The highest BCUT2D eigenvalue weighted by atomic mass is 16.2. The van der Waals surface area contributed by atoms with E-state index in [2.05, 4.69) is 25.8 Å². The molecule has 0 spiro atoms. The topological polar surface area (TPSA) is 86.4 Å². The van der Waals surface area contributed by atoms with Gasteiger partial charge in [-0.05, 0) is 81.3 Å². The van der Waals surface area contributed by atoms with E-state index in [0.29, 0.717) is 22.6 Å². The molecule has 0 unspecified atom stereocenters. The Balaban J connectivity index is 1.48. The van der Waals surface area contributed by atoms with Crippen LogP contribution in [0.2, 0.25) is 0 Å². The van der Waals surface area contributed by atoms with E-state index < -0.39 is 0 Å². The Kier molecular flexibility index (Phi) is 7.00.